The number of hydrogen-bond donors (Lipinski definition) is 2. The number of amides is 1. The van der Waals surface area contributed by atoms with E-state index in [9.17, 15) is 13.2 Å². The molecule has 0 aliphatic rings. The van der Waals surface area contributed by atoms with Crippen molar-refractivity contribution in [1.82, 2.24) is 9.62 Å². The van der Waals surface area contributed by atoms with Gasteiger partial charge in [-0.05, 0) is 48.7 Å². The van der Waals surface area contributed by atoms with Gasteiger partial charge in [0.25, 0.3) is 0 Å². The largest absolute Gasteiger partial charge is 0.325 e. The summed E-state index contributed by atoms with van der Waals surface area (Å²) in [6, 6.07) is 13.9. The maximum Gasteiger partial charge on any atom is 0.242 e. The van der Waals surface area contributed by atoms with E-state index in [2.05, 4.69) is 24.5 Å². The molecule has 0 heterocycles. The summed E-state index contributed by atoms with van der Waals surface area (Å²) in [5.41, 5.74) is 1.15. The summed E-state index contributed by atoms with van der Waals surface area (Å²) in [4.78, 5) is 12.6. The molecule has 0 spiro atoms. The fourth-order valence-corrected chi connectivity index (χ4v) is 4.25. The monoisotopic (exact) mass is 437 g/mol. The van der Waals surface area contributed by atoms with E-state index in [1.807, 2.05) is 24.3 Å². The standard InChI is InChI=1S/C21H28ClN3O3S/c1-5-21(6-2,16-10-12-17(22)13-11-16)23-15-20(26)24-18-8-7-9-19(14-18)29(27,28)25(3)4/h7-14,23H,5-6,15H2,1-4H3,(H,24,26). The zero-order valence-corrected chi connectivity index (χ0v) is 18.8. The van der Waals surface area contributed by atoms with E-state index in [1.54, 1.807) is 12.1 Å². The van der Waals surface area contributed by atoms with E-state index in [0.717, 1.165) is 22.7 Å². The number of benzene rings is 2. The first-order valence-electron chi connectivity index (χ1n) is 9.48. The van der Waals surface area contributed by atoms with Crippen molar-refractivity contribution < 1.29 is 13.2 Å². The van der Waals surface area contributed by atoms with Gasteiger partial charge < -0.3 is 5.32 Å². The summed E-state index contributed by atoms with van der Waals surface area (Å²) < 4.78 is 25.7. The molecule has 8 heteroatoms. The molecule has 0 radical (unpaired) electrons. The van der Waals surface area contributed by atoms with Crippen molar-refractivity contribution in [2.45, 2.75) is 37.1 Å². The second kappa shape index (κ2) is 9.71. The lowest BCUT2D eigenvalue weighted by atomic mass is 9.84. The molecule has 158 valence electrons. The molecule has 0 aliphatic carbocycles. The van der Waals surface area contributed by atoms with Crippen LogP contribution in [0.3, 0.4) is 0 Å². The van der Waals surface area contributed by atoms with Crippen LogP contribution < -0.4 is 10.6 Å². The van der Waals surface area contributed by atoms with Gasteiger partial charge in [-0.25, -0.2) is 12.7 Å². The average Bonchev–Trinajstić information content (AvgIpc) is 2.70. The fraction of sp³-hybridized carbons (Fsp3) is 0.381. The molecule has 6 nitrogen and oxygen atoms in total. The maximum absolute atomic E-state index is 12.5. The molecule has 0 aromatic heterocycles. The second-order valence-corrected chi connectivity index (χ2v) is 9.60. The third kappa shape index (κ3) is 5.57. The Morgan fingerprint density at radius 2 is 1.69 bits per heavy atom. The number of hydrogen-bond acceptors (Lipinski definition) is 4. The number of carbonyl (C=O) groups is 1. The molecule has 0 aliphatic heterocycles. The Balaban J connectivity index is 2.11. The van der Waals surface area contributed by atoms with Crippen molar-refractivity contribution in [3.8, 4) is 0 Å². The number of sulfonamides is 1. The molecular formula is C21H28ClN3O3S. The van der Waals surface area contributed by atoms with Gasteiger partial charge in [-0.1, -0.05) is 43.6 Å². The number of nitrogens with one attached hydrogen (secondary N) is 2. The molecule has 29 heavy (non-hydrogen) atoms. The Hall–Kier alpha value is -1.93. The molecule has 2 rings (SSSR count). The third-order valence-electron chi connectivity index (χ3n) is 5.09. The number of halogens is 1. The van der Waals surface area contributed by atoms with Crippen LogP contribution in [0.5, 0.6) is 0 Å². The van der Waals surface area contributed by atoms with E-state index < -0.39 is 10.0 Å². The summed E-state index contributed by atoms with van der Waals surface area (Å²) in [6.07, 6.45) is 1.60. The molecule has 2 aromatic rings. The summed E-state index contributed by atoms with van der Waals surface area (Å²) in [7, 11) is -0.625. The van der Waals surface area contributed by atoms with Crippen molar-refractivity contribution in [3.63, 3.8) is 0 Å². The van der Waals surface area contributed by atoms with Crippen molar-refractivity contribution in [3.05, 3.63) is 59.1 Å². The van der Waals surface area contributed by atoms with Gasteiger partial charge in [0.2, 0.25) is 15.9 Å². The highest BCUT2D eigenvalue weighted by molar-refractivity contribution is 7.89. The van der Waals surface area contributed by atoms with E-state index >= 15 is 0 Å². The Labute approximate surface area is 178 Å². The predicted octanol–water partition coefficient (Wildman–Crippen LogP) is 3.83. The van der Waals surface area contributed by atoms with Crippen molar-refractivity contribution in [2.24, 2.45) is 0 Å². The Kier molecular flexibility index (Phi) is 7.82. The van der Waals surface area contributed by atoms with Gasteiger partial charge in [0, 0.05) is 30.3 Å². The number of nitrogens with zero attached hydrogens (tertiary/aromatic N) is 1. The zero-order chi connectivity index (χ0) is 21.7. The summed E-state index contributed by atoms with van der Waals surface area (Å²) in [5.74, 6) is -0.246. The number of anilines is 1. The fourth-order valence-electron chi connectivity index (χ4n) is 3.18. The molecule has 0 saturated carbocycles. The van der Waals surface area contributed by atoms with Gasteiger partial charge in [-0.3, -0.25) is 10.1 Å². The summed E-state index contributed by atoms with van der Waals surface area (Å²) in [5, 5.41) is 6.81. The van der Waals surface area contributed by atoms with Crippen LogP contribution in [0.2, 0.25) is 5.02 Å². The molecule has 0 fully saturated rings. The first kappa shape index (κ1) is 23.3. The zero-order valence-electron chi connectivity index (χ0n) is 17.2. The molecule has 0 atom stereocenters. The lowest BCUT2D eigenvalue weighted by Gasteiger charge is -2.33. The quantitative estimate of drug-likeness (QED) is 0.624. The smallest absolute Gasteiger partial charge is 0.242 e. The first-order chi connectivity index (χ1) is 13.6. The first-order valence-corrected chi connectivity index (χ1v) is 11.3. The van der Waals surface area contributed by atoms with Gasteiger partial charge in [-0.15, -0.1) is 0 Å². The number of rotatable bonds is 9. The highest BCUT2D eigenvalue weighted by Crippen LogP contribution is 2.29. The van der Waals surface area contributed by atoms with Gasteiger partial charge in [0.05, 0.1) is 11.4 Å². The van der Waals surface area contributed by atoms with E-state index in [1.165, 1.54) is 26.2 Å². The van der Waals surface area contributed by atoms with Crippen LogP contribution in [-0.2, 0) is 20.4 Å². The predicted molar refractivity (Wildman–Crippen MR) is 118 cm³/mol. The molecule has 2 aromatic carbocycles. The minimum Gasteiger partial charge on any atom is -0.325 e. The highest BCUT2D eigenvalue weighted by Gasteiger charge is 2.28. The van der Waals surface area contributed by atoms with Crippen LogP contribution in [0.1, 0.15) is 32.3 Å². The van der Waals surface area contributed by atoms with Crippen LogP contribution >= 0.6 is 11.6 Å². The van der Waals surface area contributed by atoms with Crippen LogP contribution in [-0.4, -0.2) is 39.3 Å². The van der Waals surface area contributed by atoms with Gasteiger partial charge in [0.1, 0.15) is 0 Å². The highest BCUT2D eigenvalue weighted by atomic mass is 35.5. The normalized spacial score (nSPS) is 12.2. The Morgan fingerprint density at radius 1 is 1.07 bits per heavy atom. The van der Waals surface area contributed by atoms with Crippen LogP contribution in [0.25, 0.3) is 0 Å². The molecule has 0 unspecified atom stereocenters. The van der Waals surface area contributed by atoms with Gasteiger partial charge >= 0.3 is 0 Å². The minimum absolute atomic E-state index is 0.0922. The molecule has 1 amide bonds. The van der Waals surface area contributed by atoms with Crippen LogP contribution in [0, 0.1) is 0 Å². The summed E-state index contributed by atoms with van der Waals surface area (Å²) in [6.45, 7) is 4.23. The summed E-state index contributed by atoms with van der Waals surface area (Å²) >= 11 is 6.00. The Morgan fingerprint density at radius 3 is 2.24 bits per heavy atom. The van der Waals surface area contributed by atoms with Crippen LogP contribution in [0.4, 0.5) is 5.69 Å². The number of carbonyl (C=O) groups excluding carboxylic acids is 1. The topological polar surface area (TPSA) is 78.5 Å². The molecule has 0 saturated heterocycles. The van der Waals surface area contributed by atoms with Crippen LogP contribution in [0.15, 0.2) is 53.4 Å². The SMILES string of the molecule is CCC(CC)(NCC(=O)Nc1cccc(S(=O)(=O)N(C)C)c1)c1ccc(Cl)cc1. The van der Waals surface area contributed by atoms with Crippen molar-refractivity contribution >= 4 is 33.2 Å². The van der Waals surface area contributed by atoms with E-state index in [4.69, 9.17) is 11.6 Å². The lowest BCUT2D eigenvalue weighted by molar-refractivity contribution is -0.115. The second-order valence-electron chi connectivity index (χ2n) is 7.01. The van der Waals surface area contributed by atoms with Gasteiger partial charge in [-0.2, -0.15) is 0 Å². The molecular weight excluding hydrogens is 410 g/mol. The molecule has 0 bridgehead atoms. The third-order valence-corrected chi connectivity index (χ3v) is 7.15. The Bertz CT molecular complexity index is 940. The average molecular weight is 438 g/mol. The van der Waals surface area contributed by atoms with E-state index in [-0.39, 0.29) is 22.9 Å². The van der Waals surface area contributed by atoms with Crippen molar-refractivity contribution in [2.75, 3.05) is 26.0 Å². The molecule has 2 N–H and O–H groups in total. The van der Waals surface area contributed by atoms with E-state index in [0.29, 0.717) is 10.7 Å². The lowest BCUT2D eigenvalue weighted by Crippen LogP contribution is -2.45. The minimum atomic E-state index is -3.56. The van der Waals surface area contributed by atoms with Gasteiger partial charge in [0.15, 0.2) is 0 Å². The maximum atomic E-state index is 12.5. The van der Waals surface area contributed by atoms with Crippen molar-refractivity contribution in [1.29, 1.82) is 0 Å².